The van der Waals surface area contributed by atoms with Gasteiger partial charge in [-0.2, -0.15) is 0 Å². The van der Waals surface area contributed by atoms with Crippen LogP contribution in [0.1, 0.15) is 63.9 Å². The molecule has 0 saturated carbocycles. The zero-order chi connectivity index (χ0) is 12.5. The van der Waals surface area contributed by atoms with Gasteiger partial charge in [0.15, 0.2) is 4.90 Å². The molecule has 2 heterocycles. The average Bonchev–Trinajstić information content (AvgIpc) is 2.38. The average molecular weight is 261 g/mol. The maximum atomic E-state index is 2.44. The van der Waals surface area contributed by atoms with E-state index in [9.17, 15) is 0 Å². The van der Waals surface area contributed by atoms with Gasteiger partial charge in [-0.05, 0) is 62.1 Å². The third-order valence-electron chi connectivity index (χ3n) is 4.64. The first-order valence-corrected chi connectivity index (χ1v) is 8.92. The molecule has 2 fully saturated rings. The molecule has 0 aromatic heterocycles. The molecule has 2 bridgehead atoms. The first-order chi connectivity index (χ1) is 8.75. The Morgan fingerprint density at radius 1 is 0.889 bits per heavy atom. The van der Waals surface area contributed by atoms with Crippen LogP contribution in [0, 0.1) is 0 Å². The van der Waals surface area contributed by atoms with E-state index >= 15 is 0 Å². The van der Waals surface area contributed by atoms with Crippen LogP contribution in [0.25, 0.3) is 0 Å². The van der Waals surface area contributed by atoms with Gasteiger partial charge < -0.3 is 0 Å². The van der Waals surface area contributed by atoms with Crippen LogP contribution in [0.15, 0.2) is 29.2 Å². The van der Waals surface area contributed by atoms with Gasteiger partial charge in [0.2, 0.25) is 0 Å². The van der Waals surface area contributed by atoms with Gasteiger partial charge in [-0.1, -0.05) is 26.0 Å². The summed E-state index contributed by atoms with van der Waals surface area (Å²) in [4.78, 5) is 1.66. The van der Waals surface area contributed by atoms with E-state index in [4.69, 9.17) is 0 Å². The first kappa shape index (κ1) is 12.6. The Morgan fingerprint density at radius 3 is 1.83 bits per heavy atom. The molecular formula is C17H25S+. The highest BCUT2D eigenvalue weighted by Gasteiger charge is 2.45. The van der Waals surface area contributed by atoms with Crippen molar-refractivity contribution in [3.05, 3.63) is 29.8 Å². The fourth-order valence-electron chi connectivity index (χ4n) is 3.61. The summed E-state index contributed by atoms with van der Waals surface area (Å²) in [5.74, 6) is 0.660. The largest absolute Gasteiger partial charge is 0.155 e. The number of rotatable bonds is 2. The third kappa shape index (κ3) is 2.34. The monoisotopic (exact) mass is 261 g/mol. The molecule has 0 atom stereocenters. The summed E-state index contributed by atoms with van der Waals surface area (Å²) in [7, 11) is 0.575. The fraction of sp³-hybridized carbons (Fsp3) is 0.647. The zero-order valence-corrected chi connectivity index (χ0v) is 12.5. The Balaban J connectivity index is 1.84. The van der Waals surface area contributed by atoms with Gasteiger partial charge >= 0.3 is 0 Å². The van der Waals surface area contributed by atoms with E-state index in [0.29, 0.717) is 16.8 Å². The molecule has 0 unspecified atom stereocenters. The Hall–Kier alpha value is -0.430. The van der Waals surface area contributed by atoms with E-state index in [1.807, 2.05) is 0 Å². The summed E-state index contributed by atoms with van der Waals surface area (Å²) in [5.41, 5.74) is 1.49. The lowest BCUT2D eigenvalue weighted by molar-refractivity contribution is 0.481. The van der Waals surface area contributed by atoms with E-state index in [1.54, 1.807) is 4.90 Å². The van der Waals surface area contributed by atoms with E-state index in [1.165, 1.54) is 44.1 Å². The molecule has 1 aromatic rings. The SMILES string of the molecule is CC(C)c1ccc([S+]2C3CCCC2CCC3)cc1. The van der Waals surface area contributed by atoms with Crippen molar-refractivity contribution in [3.8, 4) is 0 Å². The van der Waals surface area contributed by atoms with Crippen LogP contribution in [0.5, 0.6) is 0 Å². The minimum Gasteiger partial charge on any atom is -0.0587 e. The highest BCUT2D eigenvalue weighted by molar-refractivity contribution is 7.98. The molecule has 1 aromatic carbocycles. The van der Waals surface area contributed by atoms with Gasteiger partial charge in [0.1, 0.15) is 10.5 Å². The Kier molecular flexibility index (Phi) is 3.70. The summed E-state index contributed by atoms with van der Waals surface area (Å²) in [6, 6.07) is 9.62. The number of hydrogen-bond donors (Lipinski definition) is 0. The third-order valence-corrected chi connectivity index (χ3v) is 7.84. The van der Waals surface area contributed by atoms with Crippen molar-refractivity contribution in [2.75, 3.05) is 0 Å². The first-order valence-electron chi connectivity index (χ1n) is 7.57. The zero-order valence-electron chi connectivity index (χ0n) is 11.7. The summed E-state index contributed by atoms with van der Waals surface area (Å²) < 4.78 is 0. The number of benzene rings is 1. The second-order valence-electron chi connectivity index (χ2n) is 6.20. The summed E-state index contributed by atoms with van der Waals surface area (Å²) in [6.45, 7) is 4.57. The van der Waals surface area contributed by atoms with Crippen LogP contribution in [0.4, 0.5) is 0 Å². The van der Waals surface area contributed by atoms with Gasteiger partial charge in [-0.25, -0.2) is 0 Å². The van der Waals surface area contributed by atoms with Crippen molar-refractivity contribution >= 4 is 10.9 Å². The van der Waals surface area contributed by atoms with Crippen LogP contribution < -0.4 is 0 Å². The Labute approximate surface area is 115 Å². The van der Waals surface area contributed by atoms with E-state index in [2.05, 4.69) is 38.1 Å². The number of hydrogen-bond acceptors (Lipinski definition) is 0. The molecule has 18 heavy (non-hydrogen) atoms. The molecule has 98 valence electrons. The lowest BCUT2D eigenvalue weighted by Crippen LogP contribution is -2.40. The fourth-order valence-corrected chi connectivity index (χ4v) is 7.06. The molecule has 3 rings (SSSR count). The molecule has 2 aliphatic rings. The molecule has 0 nitrogen and oxygen atoms in total. The maximum absolute atomic E-state index is 2.44. The molecule has 2 aliphatic heterocycles. The predicted octanol–water partition coefficient (Wildman–Crippen LogP) is 4.89. The molecule has 2 saturated heterocycles. The molecule has 0 radical (unpaired) electrons. The summed E-state index contributed by atoms with van der Waals surface area (Å²) >= 11 is 0. The van der Waals surface area contributed by atoms with Gasteiger partial charge in [0.05, 0.1) is 0 Å². The van der Waals surface area contributed by atoms with Crippen molar-refractivity contribution in [1.29, 1.82) is 0 Å². The maximum Gasteiger partial charge on any atom is 0.155 e. The van der Waals surface area contributed by atoms with Gasteiger partial charge in [0.25, 0.3) is 0 Å². The Morgan fingerprint density at radius 2 is 1.39 bits per heavy atom. The second kappa shape index (κ2) is 5.28. The topological polar surface area (TPSA) is 0 Å². The van der Waals surface area contributed by atoms with Crippen molar-refractivity contribution in [2.45, 2.75) is 73.7 Å². The lowest BCUT2D eigenvalue weighted by Gasteiger charge is -2.34. The standard InChI is InChI=1S/C17H25S/c1-13(2)14-9-11-17(12-10-14)18-15-5-3-6-16(18)8-4-7-15/h9-13,15-16H,3-8H2,1-2H3/q+1. The van der Waals surface area contributed by atoms with Crippen LogP contribution >= 0.6 is 0 Å². The number of fused-ring (bicyclic) bond motifs is 2. The normalized spacial score (nSPS) is 31.6. The van der Waals surface area contributed by atoms with E-state index < -0.39 is 0 Å². The highest BCUT2D eigenvalue weighted by Crippen LogP contribution is 2.42. The molecule has 0 amide bonds. The van der Waals surface area contributed by atoms with E-state index in [0.717, 1.165) is 10.5 Å². The summed E-state index contributed by atoms with van der Waals surface area (Å²) in [6.07, 6.45) is 8.94. The van der Waals surface area contributed by atoms with Crippen molar-refractivity contribution < 1.29 is 0 Å². The van der Waals surface area contributed by atoms with Crippen molar-refractivity contribution in [2.24, 2.45) is 0 Å². The van der Waals surface area contributed by atoms with Gasteiger partial charge in [-0.15, -0.1) is 0 Å². The highest BCUT2D eigenvalue weighted by atomic mass is 32.2. The lowest BCUT2D eigenvalue weighted by atomic mass is 9.99. The molecule has 0 aliphatic carbocycles. The minimum atomic E-state index is 0.575. The van der Waals surface area contributed by atoms with Crippen LogP contribution in [0.3, 0.4) is 0 Å². The van der Waals surface area contributed by atoms with Gasteiger partial charge in [0, 0.05) is 10.9 Å². The molecular weight excluding hydrogens is 236 g/mol. The van der Waals surface area contributed by atoms with Crippen molar-refractivity contribution in [3.63, 3.8) is 0 Å². The van der Waals surface area contributed by atoms with Crippen LogP contribution in [-0.2, 0) is 10.9 Å². The van der Waals surface area contributed by atoms with Gasteiger partial charge in [-0.3, -0.25) is 0 Å². The molecule has 1 heteroatoms. The van der Waals surface area contributed by atoms with E-state index in [-0.39, 0.29) is 0 Å². The van der Waals surface area contributed by atoms with Crippen LogP contribution in [-0.4, -0.2) is 10.5 Å². The molecule has 0 spiro atoms. The molecule has 0 N–H and O–H groups in total. The van der Waals surface area contributed by atoms with Crippen molar-refractivity contribution in [1.82, 2.24) is 0 Å². The predicted molar refractivity (Wildman–Crippen MR) is 81.4 cm³/mol. The smallest absolute Gasteiger partial charge is 0.0587 e. The summed E-state index contributed by atoms with van der Waals surface area (Å²) in [5, 5.41) is 2.03. The second-order valence-corrected chi connectivity index (χ2v) is 8.75. The van der Waals surface area contributed by atoms with Crippen LogP contribution in [0.2, 0.25) is 0 Å². The minimum absolute atomic E-state index is 0.575. The Bertz CT molecular complexity index is 371. The quantitative estimate of drug-likeness (QED) is 0.665.